The molecule has 1 saturated heterocycles. The zero-order chi connectivity index (χ0) is 22.7. The molecule has 1 aliphatic rings. The Kier molecular flexibility index (Phi) is 7.93. The highest BCUT2D eigenvalue weighted by atomic mass is 16.2. The van der Waals surface area contributed by atoms with Crippen LogP contribution in [0.3, 0.4) is 0 Å². The molecule has 2 rings (SSSR count). The molecule has 0 spiro atoms. The maximum atomic E-state index is 13.9. The number of rotatable bonds is 10. The van der Waals surface area contributed by atoms with Crippen molar-refractivity contribution in [2.24, 2.45) is 28.6 Å². The second-order valence-electron chi connectivity index (χ2n) is 10.2. The number of anilines is 1. The monoisotopic (exact) mass is 413 g/mol. The largest absolute Gasteiger partial charge is 0.274 e. The summed E-state index contributed by atoms with van der Waals surface area (Å²) in [6, 6.07) is 8.08. The minimum Gasteiger partial charge on any atom is -0.274 e. The topological polar surface area (TPSA) is 37.4 Å². The fourth-order valence-electron chi connectivity index (χ4n) is 5.13. The zero-order valence-electron chi connectivity index (χ0n) is 20.5. The molecular weight excluding hydrogens is 370 g/mol. The number of hydrogen-bond donors (Lipinski definition) is 0. The molecule has 168 valence electrons. The predicted octanol–water partition coefficient (Wildman–Crippen LogP) is 7.03. The van der Waals surface area contributed by atoms with Gasteiger partial charge in [0.05, 0.1) is 17.5 Å². The smallest absolute Gasteiger partial charge is 0.238 e. The van der Waals surface area contributed by atoms with E-state index in [9.17, 15) is 9.59 Å². The SMILES string of the molecule is CCCCc1ccc(N2C(=O)C(C(C)(C)CC)C(C(C)(CC)C(C)CC)C2=O)cc1. The molecule has 3 nitrogen and oxygen atoms in total. The van der Waals surface area contributed by atoms with Crippen LogP contribution in [0.1, 0.15) is 93.1 Å². The van der Waals surface area contributed by atoms with Crippen LogP contribution in [-0.4, -0.2) is 11.8 Å². The maximum Gasteiger partial charge on any atom is 0.238 e. The van der Waals surface area contributed by atoms with E-state index in [2.05, 4.69) is 67.5 Å². The molecule has 30 heavy (non-hydrogen) atoms. The van der Waals surface area contributed by atoms with Crippen molar-refractivity contribution in [3.05, 3.63) is 29.8 Å². The normalized spacial score (nSPS) is 23.0. The van der Waals surface area contributed by atoms with Gasteiger partial charge in [0.25, 0.3) is 0 Å². The first-order valence-electron chi connectivity index (χ1n) is 12.1. The number of hydrogen-bond acceptors (Lipinski definition) is 2. The Bertz CT molecular complexity index is 736. The highest BCUT2D eigenvalue weighted by molar-refractivity contribution is 6.22. The molecular formula is C27H43NO2. The molecule has 0 N–H and O–H groups in total. The van der Waals surface area contributed by atoms with Gasteiger partial charge in [-0.05, 0) is 53.7 Å². The number of imide groups is 1. The van der Waals surface area contributed by atoms with Crippen molar-refractivity contribution in [3.63, 3.8) is 0 Å². The third-order valence-corrected chi connectivity index (χ3v) is 8.28. The second-order valence-corrected chi connectivity index (χ2v) is 10.2. The van der Waals surface area contributed by atoms with Crippen LogP contribution in [0.5, 0.6) is 0 Å². The van der Waals surface area contributed by atoms with Gasteiger partial charge in [-0.3, -0.25) is 14.5 Å². The quantitative estimate of drug-likeness (QED) is 0.386. The summed E-state index contributed by atoms with van der Waals surface area (Å²) < 4.78 is 0. The van der Waals surface area contributed by atoms with Crippen LogP contribution in [0.2, 0.25) is 0 Å². The fraction of sp³-hybridized carbons (Fsp3) is 0.704. The van der Waals surface area contributed by atoms with Crippen molar-refractivity contribution in [1.82, 2.24) is 0 Å². The number of aryl methyl sites for hydroxylation is 1. The van der Waals surface area contributed by atoms with Crippen LogP contribution in [0.4, 0.5) is 5.69 Å². The lowest BCUT2D eigenvalue weighted by atomic mass is 9.57. The second kappa shape index (κ2) is 9.66. The summed E-state index contributed by atoms with van der Waals surface area (Å²) in [6.07, 6.45) is 6.12. The molecule has 0 radical (unpaired) electrons. The summed E-state index contributed by atoms with van der Waals surface area (Å²) >= 11 is 0. The summed E-state index contributed by atoms with van der Waals surface area (Å²) in [5, 5.41) is 0. The van der Waals surface area contributed by atoms with E-state index < -0.39 is 0 Å². The number of nitrogens with zero attached hydrogens (tertiary/aromatic N) is 1. The highest BCUT2D eigenvalue weighted by Gasteiger charge is 2.60. The maximum absolute atomic E-state index is 13.9. The summed E-state index contributed by atoms with van der Waals surface area (Å²) in [7, 11) is 0. The predicted molar refractivity (Wildman–Crippen MR) is 126 cm³/mol. The molecule has 0 bridgehead atoms. The van der Waals surface area contributed by atoms with Crippen LogP contribution >= 0.6 is 0 Å². The third-order valence-electron chi connectivity index (χ3n) is 8.28. The minimum absolute atomic E-state index is 0.00233. The first-order chi connectivity index (χ1) is 14.1. The number of carbonyl (C=O) groups is 2. The Morgan fingerprint density at radius 3 is 1.93 bits per heavy atom. The lowest BCUT2D eigenvalue weighted by Gasteiger charge is -2.44. The van der Waals surface area contributed by atoms with Gasteiger partial charge in [-0.25, -0.2) is 0 Å². The lowest BCUT2D eigenvalue weighted by molar-refractivity contribution is -0.131. The fourth-order valence-corrected chi connectivity index (χ4v) is 5.13. The van der Waals surface area contributed by atoms with Crippen molar-refractivity contribution in [2.45, 2.75) is 93.9 Å². The number of benzene rings is 1. The molecule has 0 saturated carbocycles. The van der Waals surface area contributed by atoms with E-state index in [1.807, 2.05) is 12.1 Å². The Labute approximate surface area is 184 Å². The average molecular weight is 414 g/mol. The van der Waals surface area contributed by atoms with Crippen molar-refractivity contribution < 1.29 is 9.59 Å². The Hall–Kier alpha value is -1.64. The van der Waals surface area contributed by atoms with Gasteiger partial charge in [-0.15, -0.1) is 0 Å². The minimum atomic E-state index is -0.284. The molecule has 4 unspecified atom stereocenters. The third kappa shape index (κ3) is 4.36. The van der Waals surface area contributed by atoms with Crippen molar-refractivity contribution >= 4 is 17.5 Å². The number of amides is 2. The van der Waals surface area contributed by atoms with Crippen LogP contribution in [-0.2, 0) is 16.0 Å². The number of carbonyl (C=O) groups excluding carboxylic acids is 2. The standard InChI is InChI=1S/C27H43NO2/c1-9-13-14-20-15-17-21(18-16-20)28-24(29)22(26(6,7)11-3)23(25(28)30)27(8,12-4)19(5)10-2/h15-19,22-23H,9-14H2,1-8H3. The molecule has 4 atom stereocenters. The summed E-state index contributed by atoms with van der Waals surface area (Å²) in [5.74, 6) is -0.206. The lowest BCUT2D eigenvalue weighted by Crippen LogP contribution is -2.44. The molecule has 0 aliphatic carbocycles. The van der Waals surface area contributed by atoms with E-state index in [1.165, 1.54) is 10.5 Å². The Balaban J connectivity index is 2.52. The van der Waals surface area contributed by atoms with E-state index in [4.69, 9.17) is 0 Å². The summed E-state index contributed by atoms with van der Waals surface area (Å²) in [6.45, 7) is 17.5. The van der Waals surface area contributed by atoms with Gasteiger partial charge < -0.3 is 0 Å². The molecule has 1 aliphatic heterocycles. The van der Waals surface area contributed by atoms with Gasteiger partial charge in [0.2, 0.25) is 11.8 Å². The van der Waals surface area contributed by atoms with Crippen LogP contribution in [0, 0.1) is 28.6 Å². The molecule has 2 amide bonds. The van der Waals surface area contributed by atoms with Crippen molar-refractivity contribution in [1.29, 1.82) is 0 Å². The Morgan fingerprint density at radius 2 is 1.47 bits per heavy atom. The van der Waals surface area contributed by atoms with Gasteiger partial charge in [0.15, 0.2) is 0 Å². The van der Waals surface area contributed by atoms with Crippen LogP contribution < -0.4 is 4.90 Å². The van der Waals surface area contributed by atoms with Gasteiger partial charge in [-0.1, -0.05) is 86.8 Å². The van der Waals surface area contributed by atoms with Crippen molar-refractivity contribution in [3.8, 4) is 0 Å². The van der Waals surface area contributed by atoms with Crippen LogP contribution in [0.15, 0.2) is 24.3 Å². The average Bonchev–Trinajstić information content (AvgIpc) is 3.02. The Morgan fingerprint density at radius 1 is 0.900 bits per heavy atom. The van der Waals surface area contributed by atoms with Gasteiger partial charge in [0.1, 0.15) is 0 Å². The first kappa shape index (κ1) is 24.6. The van der Waals surface area contributed by atoms with Gasteiger partial charge in [-0.2, -0.15) is 0 Å². The zero-order valence-corrected chi connectivity index (χ0v) is 20.5. The van der Waals surface area contributed by atoms with Crippen LogP contribution in [0.25, 0.3) is 0 Å². The molecule has 1 heterocycles. The van der Waals surface area contributed by atoms with Gasteiger partial charge in [0, 0.05) is 0 Å². The molecule has 1 fully saturated rings. The highest BCUT2D eigenvalue weighted by Crippen LogP contribution is 2.54. The van der Waals surface area contributed by atoms with Crippen molar-refractivity contribution in [2.75, 3.05) is 4.90 Å². The first-order valence-corrected chi connectivity index (χ1v) is 12.1. The molecule has 1 aromatic rings. The molecule has 3 heteroatoms. The number of unbranched alkanes of at least 4 members (excludes halogenated alkanes) is 1. The molecule has 1 aromatic carbocycles. The molecule has 0 aromatic heterocycles. The summed E-state index contributed by atoms with van der Waals surface area (Å²) in [4.78, 5) is 29.2. The van der Waals surface area contributed by atoms with Gasteiger partial charge >= 0.3 is 0 Å². The van der Waals surface area contributed by atoms with E-state index >= 15 is 0 Å². The van der Waals surface area contributed by atoms with E-state index in [1.54, 1.807) is 0 Å². The summed E-state index contributed by atoms with van der Waals surface area (Å²) in [5.41, 5.74) is 1.57. The van der Waals surface area contributed by atoms with E-state index in [0.717, 1.165) is 44.2 Å². The van der Waals surface area contributed by atoms with E-state index in [-0.39, 0.29) is 34.5 Å². The van der Waals surface area contributed by atoms with E-state index in [0.29, 0.717) is 5.92 Å².